The lowest BCUT2D eigenvalue weighted by Gasteiger charge is -2.23. The Hall–Kier alpha value is -1.36. The minimum Gasteiger partial charge on any atom is -0.381 e. The van der Waals surface area contributed by atoms with Crippen LogP contribution in [0, 0.1) is 12.8 Å². The quantitative estimate of drug-likeness (QED) is 0.809. The van der Waals surface area contributed by atoms with Gasteiger partial charge < -0.3 is 15.4 Å². The molecule has 2 N–H and O–H groups in total. The molecule has 0 atom stereocenters. The molecule has 5 heteroatoms. The molecular formula is C16H28N4O. The summed E-state index contributed by atoms with van der Waals surface area (Å²) in [6.07, 6.45) is 4.22. The van der Waals surface area contributed by atoms with Gasteiger partial charge in [-0.3, -0.25) is 0 Å². The molecule has 21 heavy (non-hydrogen) atoms. The first-order chi connectivity index (χ1) is 10.2. The molecule has 0 aromatic carbocycles. The van der Waals surface area contributed by atoms with Crippen molar-refractivity contribution in [1.82, 2.24) is 9.97 Å². The summed E-state index contributed by atoms with van der Waals surface area (Å²) in [6.45, 7) is 10.0. The van der Waals surface area contributed by atoms with E-state index in [1.54, 1.807) is 0 Å². The van der Waals surface area contributed by atoms with Gasteiger partial charge in [-0.05, 0) is 32.1 Å². The van der Waals surface area contributed by atoms with Gasteiger partial charge in [0.1, 0.15) is 17.5 Å². The molecule has 2 heterocycles. The first-order valence-electron chi connectivity index (χ1n) is 8.17. The van der Waals surface area contributed by atoms with Crippen LogP contribution in [-0.2, 0) is 11.2 Å². The summed E-state index contributed by atoms with van der Waals surface area (Å²) >= 11 is 0. The van der Waals surface area contributed by atoms with E-state index < -0.39 is 0 Å². The maximum Gasteiger partial charge on any atom is 0.134 e. The molecule has 2 rings (SSSR count). The lowest BCUT2D eigenvalue weighted by atomic mass is 10.0. The van der Waals surface area contributed by atoms with Crippen LogP contribution in [0.2, 0.25) is 0 Å². The second-order valence-electron chi connectivity index (χ2n) is 5.68. The molecule has 0 radical (unpaired) electrons. The van der Waals surface area contributed by atoms with Gasteiger partial charge in [0.05, 0.1) is 0 Å². The number of hydrogen-bond donors (Lipinski definition) is 2. The summed E-state index contributed by atoms with van der Waals surface area (Å²) in [5.74, 6) is 3.53. The fraction of sp³-hybridized carbons (Fsp3) is 0.750. The second-order valence-corrected chi connectivity index (χ2v) is 5.68. The lowest BCUT2D eigenvalue weighted by molar-refractivity contribution is 0.0699. The number of anilines is 2. The van der Waals surface area contributed by atoms with Crippen LogP contribution in [0.5, 0.6) is 0 Å². The van der Waals surface area contributed by atoms with Crippen molar-refractivity contribution in [2.24, 2.45) is 5.92 Å². The van der Waals surface area contributed by atoms with Gasteiger partial charge in [0.15, 0.2) is 0 Å². The Labute approximate surface area is 127 Å². The number of nitrogens with zero attached hydrogens (tertiary/aromatic N) is 2. The lowest BCUT2D eigenvalue weighted by Crippen LogP contribution is -2.23. The van der Waals surface area contributed by atoms with E-state index in [2.05, 4.69) is 41.4 Å². The normalized spacial score (nSPS) is 16.0. The number of ether oxygens (including phenoxy) is 1. The molecule has 0 spiro atoms. The highest BCUT2D eigenvalue weighted by atomic mass is 16.5. The smallest absolute Gasteiger partial charge is 0.134 e. The van der Waals surface area contributed by atoms with Crippen LogP contribution >= 0.6 is 0 Å². The second kappa shape index (κ2) is 8.17. The number of hydrogen-bond acceptors (Lipinski definition) is 5. The molecule has 1 aliphatic rings. The van der Waals surface area contributed by atoms with E-state index >= 15 is 0 Å². The molecule has 1 saturated heterocycles. The Bertz CT molecular complexity index is 444. The van der Waals surface area contributed by atoms with Crippen LogP contribution in [0.3, 0.4) is 0 Å². The van der Waals surface area contributed by atoms with E-state index in [0.717, 1.165) is 75.0 Å². The first-order valence-corrected chi connectivity index (χ1v) is 8.17. The number of rotatable bonds is 7. The van der Waals surface area contributed by atoms with Crippen LogP contribution in [-0.4, -0.2) is 36.3 Å². The van der Waals surface area contributed by atoms with Gasteiger partial charge in [-0.2, -0.15) is 0 Å². The molecule has 118 valence electrons. The van der Waals surface area contributed by atoms with Crippen molar-refractivity contribution in [3.63, 3.8) is 0 Å². The standard InChI is InChI=1S/C16H28N4O/c1-4-8-17-15-12(3)16(20-14(5-2)19-15)18-11-13-6-9-21-10-7-13/h13H,4-11H2,1-3H3,(H2,17,18,19,20). The van der Waals surface area contributed by atoms with Crippen molar-refractivity contribution < 1.29 is 4.74 Å². The van der Waals surface area contributed by atoms with Gasteiger partial charge in [-0.15, -0.1) is 0 Å². The predicted octanol–water partition coefficient (Wildman–Crippen LogP) is 3.01. The minimum absolute atomic E-state index is 0.685. The third-order valence-corrected chi connectivity index (χ3v) is 3.95. The Balaban J connectivity index is 2.05. The molecule has 0 aliphatic carbocycles. The monoisotopic (exact) mass is 292 g/mol. The molecule has 0 unspecified atom stereocenters. The van der Waals surface area contributed by atoms with Gasteiger partial charge in [0.25, 0.3) is 0 Å². The largest absolute Gasteiger partial charge is 0.381 e. The average molecular weight is 292 g/mol. The fourth-order valence-corrected chi connectivity index (χ4v) is 2.50. The topological polar surface area (TPSA) is 59.1 Å². The summed E-state index contributed by atoms with van der Waals surface area (Å²) in [6, 6.07) is 0. The van der Waals surface area contributed by atoms with Crippen molar-refractivity contribution >= 4 is 11.6 Å². The highest BCUT2D eigenvalue weighted by Gasteiger charge is 2.15. The van der Waals surface area contributed by atoms with Gasteiger partial charge in [0, 0.05) is 38.3 Å². The third-order valence-electron chi connectivity index (χ3n) is 3.95. The highest BCUT2D eigenvalue weighted by Crippen LogP contribution is 2.22. The maximum atomic E-state index is 5.41. The Kier molecular flexibility index (Phi) is 6.23. The molecule has 0 amide bonds. The van der Waals surface area contributed by atoms with Crippen LogP contribution in [0.1, 0.15) is 44.5 Å². The summed E-state index contributed by atoms with van der Waals surface area (Å²) in [5, 5.41) is 6.93. The van der Waals surface area contributed by atoms with Crippen LogP contribution in [0.15, 0.2) is 0 Å². The zero-order valence-corrected chi connectivity index (χ0v) is 13.5. The van der Waals surface area contributed by atoms with Crippen molar-refractivity contribution in [1.29, 1.82) is 0 Å². The molecule has 1 aromatic rings. The highest BCUT2D eigenvalue weighted by molar-refractivity contribution is 5.57. The van der Waals surface area contributed by atoms with E-state index in [4.69, 9.17) is 4.74 Å². The number of nitrogens with one attached hydrogen (secondary N) is 2. The van der Waals surface area contributed by atoms with Crippen molar-refractivity contribution in [2.45, 2.75) is 46.5 Å². The van der Waals surface area contributed by atoms with E-state index in [9.17, 15) is 0 Å². The SMILES string of the molecule is CCCNc1nc(CC)nc(NCC2CCOCC2)c1C. The van der Waals surface area contributed by atoms with E-state index in [1.165, 1.54) is 0 Å². The molecule has 0 bridgehead atoms. The van der Waals surface area contributed by atoms with Crippen molar-refractivity contribution in [3.8, 4) is 0 Å². The van der Waals surface area contributed by atoms with E-state index in [0.29, 0.717) is 5.92 Å². The number of aryl methyl sites for hydroxylation is 1. The molecule has 1 fully saturated rings. The summed E-state index contributed by atoms with van der Waals surface area (Å²) in [4.78, 5) is 9.25. The predicted molar refractivity (Wildman–Crippen MR) is 87.0 cm³/mol. The third kappa shape index (κ3) is 4.56. The van der Waals surface area contributed by atoms with Gasteiger partial charge in [-0.1, -0.05) is 13.8 Å². The zero-order chi connectivity index (χ0) is 15.1. The van der Waals surface area contributed by atoms with E-state index in [-0.39, 0.29) is 0 Å². The average Bonchev–Trinajstić information content (AvgIpc) is 2.53. The summed E-state index contributed by atoms with van der Waals surface area (Å²) < 4.78 is 5.41. The minimum atomic E-state index is 0.685. The van der Waals surface area contributed by atoms with Gasteiger partial charge in [-0.25, -0.2) is 9.97 Å². The van der Waals surface area contributed by atoms with Crippen molar-refractivity contribution in [3.05, 3.63) is 11.4 Å². The van der Waals surface area contributed by atoms with Crippen LogP contribution < -0.4 is 10.6 Å². The Morgan fingerprint density at radius 1 is 1.10 bits per heavy atom. The molecule has 5 nitrogen and oxygen atoms in total. The zero-order valence-electron chi connectivity index (χ0n) is 13.5. The summed E-state index contributed by atoms with van der Waals surface area (Å²) in [5.41, 5.74) is 1.12. The molecule has 1 aromatic heterocycles. The van der Waals surface area contributed by atoms with Gasteiger partial charge >= 0.3 is 0 Å². The Morgan fingerprint density at radius 2 is 1.76 bits per heavy atom. The maximum absolute atomic E-state index is 5.41. The number of aromatic nitrogens is 2. The van der Waals surface area contributed by atoms with Crippen LogP contribution in [0.25, 0.3) is 0 Å². The van der Waals surface area contributed by atoms with E-state index in [1.807, 2.05) is 0 Å². The van der Waals surface area contributed by atoms with Gasteiger partial charge in [0.2, 0.25) is 0 Å². The Morgan fingerprint density at radius 3 is 2.38 bits per heavy atom. The molecular weight excluding hydrogens is 264 g/mol. The molecule has 1 aliphatic heterocycles. The fourth-order valence-electron chi connectivity index (χ4n) is 2.50. The first kappa shape index (κ1) is 16.0. The summed E-state index contributed by atoms with van der Waals surface area (Å²) in [7, 11) is 0. The van der Waals surface area contributed by atoms with Crippen molar-refractivity contribution in [2.75, 3.05) is 36.9 Å². The molecule has 0 saturated carbocycles. The van der Waals surface area contributed by atoms with Crippen LogP contribution in [0.4, 0.5) is 11.6 Å².